The Morgan fingerprint density at radius 1 is 1.30 bits per heavy atom. The van der Waals surface area contributed by atoms with Gasteiger partial charge in [-0.3, -0.25) is 9.88 Å². The summed E-state index contributed by atoms with van der Waals surface area (Å²) in [6.07, 6.45) is 6.25. The summed E-state index contributed by atoms with van der Waals surface area (Å²) in [6, 6.07) is 5.99. The van der Waals surface area contributed by atoms with Crippen LogP contribution in [0, 0.1) is 0 Å². The molecule has 0 spiro atoms. The lowest BCUT2D eigenvalue weighted by molar-refractivity contribution is 0.0636. The summed E-state index contributed by atoms with van der Waals surface area (Å²) < 4.78 is 11.2. The smallest absolute Gasteiger partial charge is 0.240 e. The maximum atomic E-state index is 5.77. The van der Waals surface area contributed by atoms with Crippen LogP contribution in [-0.4, -0.2) is 39.3 Å². The number of pyridine rings is 1. The third-order valence-corrected chi connectivity index (χ3v) is 3.94. The highest BCUT2D eigenvalue weighted by atomic mass is 16.5. The van der Waals surface area contributed by atoms with E-state index in [0.717, 1.165) is 56.9 Å². The van der Waals surface area contributed by atoms with Gasteiger partial charge in [0.2, 0.25) is 5.89 Å². The molecule has 2 aromatic rings. The van der Waals surface area contributed by atoms with Gasteiger partial charge in [0.1, 0.15) is 0 Å². The molecule has 1 aliphatic rings. The van der Waals surface area contributed by atoms with E-state index < -0.39 is 0 Å². The van der Waals surface area contributed by atoms with Crippen molar-refractivity contribution in [2.24, 2.45) is 0 Å². The topological polar surface area (TPSA) is 64.3 Å². The summed E-state index contributed by atoms with van der Waals surface area (Å²) >= 11 is 0. The first kappa shape index (κ1) is 16.1. The molecule has 0 bridgehead atoms. The third kappa shape index (κ3) is 4.84. The highest BCUT2D eigenvalue weighted by Gasteiger charge is 2.21. The minimum Gasteiger partial charge on any atom is -0.377 e. The van der Waals surface area contributed by atoms with E-state index in [0.29, 0.717) is 12.4 Å². The van der Waals surface area contributed by atoms with E-state index in [9.17, 15) is 0 Å². The normalized spacial score (nSPS) is 17.9. The van der Waals surface area contributed by atoms with Crippen LogP contribution in [-0.2, 0) is 24.2 Å². The van der Waals surface area contributed by atoms with Gasteiger partial charge < -0.3 is 9.26 Å². The zero-order chi connectivity index (χ0) is 15.9. The monoisotopic (exact) mass is 316 g/mol. The molecule has 3 rings (SSSR count). The van der Waals surface area contributed by atoms with E-state index in [1.807, 2.05) is 24.4 Å². The summed E-state index contributed by atoms with van der Waals surface area (Å²) in [5.74, 6) is 1.46. The van der Waals surface area contributed by atoms with Gasteiger partial charge in [-0.05, 0) is 31.4 Å². The standard InChI is InChI=1S/C17H24N4O2/c1-2-6-16-19-17(23-20-16)13-21(12-15-8-5-10-22-15)11-14-7-3-4-9-18-14/h3-4,7,9,15H,2,5-6,8,10-13H2,1H3. The van der Waals surface area contributed by atoms with Crippen LogP contribution in [0.25, 0.3) is 0 Å². The van der Waals surface area contributed by atoms with Crippen LogP contribution in [0.3, 0.4) is 0 Å². The molecule has 0 saturated carbocycles. The lowest BCUT2D eigenvalue weighted by atomic mass is 10.2. The van der Waals surface area contributed by atoms with Crippen molar-refractivity contribution in [3.05, 3.63) is 41.8 Å². The van der Waals surface area contributed by atoms with Gasteiger partial charge >= 0.3 is 0 Å². The number of rotatable bonds is 8. The van der Waals surface area contributed by atoms with Crippen LogP contribution in [0.4, 0.5) is 0 Å². The van der Waals surface area contributed by atoms with Crippen molar-refractivity contribution in [3.8, 4) is 0 Å². The molecule has 0 N–H and O–H groups in total. The maximum Gasteiger partial charge on any atom is 0.240 e. The summed E-state index contributed by atoms with van der Waals surface area (Å²) in [6.45, 7) is 5.23. The highest BCUT2D eigenvalue weighted by molar-refractivity contribution is 5.03. The van der Waals surface area contributed by atoms with Gasteiger partial charge in [0, 0.05) is 32.3 Å². The second-order valence-electron chi connectivity index (χ2n) is 5.98. The predicted octanol–water partition coefficient (Wildman–Crippen LogP) is 2.60. The van der Waals surface area contributed by atoms with Gasteiger partial charge in [0.05, 0.1) is 18.3 Å². The Kier molecular flexibility index (Phi) is 5.71. The molecule has 1 fully saturated rings. The number of hydrogen-bond acceptors (Lipinski definition) is 6. The summed E-state index contributed by atoms with van der Waals surface area (Å²) in [4.78, 5) is 11.2. The Labute approximate surface area is 136 Å². The summed E-state index contributed by atoms with van der Waals surface area (Å²) in [5, 5.41) is 4.04. The number of aryl methyl sites for hydroxylation is 1. The van der Waals surface area contributed by atoms with Crippen molar-refractivity contribution in [3.63, 3.8) is 0 Å². The number of hydrogen-bond donors (Lipinski definition) is 0. The molecule has 23 heavy (non-hydrogen) atoms. The predicted molar refractivity (Wildman–Crippen MR) is 85.6 cm³/mol. The molecule has 1 atom stereocenters. The quantitative estimate of drug-likeness (QED) is 0.746. The van der Waals surface area contributed by atoms with Gasteiger partial charge in [-0.1, -0.05) is 18.1 Å². The van der Waals surface area contributed by atoms with Crippen molar-refractivity contribution in [1.29, 1.82) is 0 Å². The Bertz CT molecular complexity index is 581. The van der Waals surface area contributed by atoms with Crippen molar-refractivity contribution >= 4 is 0 Å². The fraction of sp³-hybridized carbons (Fsp3) is 0.588. The van der Waals surface area contributed by atoms with E-state index in [4.69, 9.17) is 9.26 Å². The first-order valence-corrected chi connectivity index (χ1v) is 8.39. The molecule has 1 unspecified atom stereocenters. The van der Waals surface area contributed by atoms with Gasteiger partial charge in [-0.15, -0.1) is 0 Å². The highest BCUT2D eigenvalue weighted by Crippen LogP contribution is 2.16. The molecule has 3 heterocycles. The average Bonchev–Trinajstić information content (AvgIpc) is 3.21. The largest absolute Gasteiger partial charge is 0.377 e. The fourth-order valence-corrected chi connectivity index (χ4v) is 2.85. The van der Waals surface area contributed by atoms with Crippen LogP contribution in [0.5, 0.6) is 0 Å². The summed E-state index contributed by atoms with van der Waals surface area (Å²) in [7, 11) is 0. The van der Waals surface area contributed by atoms with Crippen molar-refractivity contribution in [2.45, 2.75) is 51.8 Å². The molecule has 6 heteroatoms. The zero-order valence-corrected chi connectivity index (χ0v) is 13.6. The van der Waals surface area contributed by atoms with E-state index in [1.165, 1.54) is 0 Å². The van der Waals surface area contributed by atoms with Crippen molar-refractivity contribution in [2.75, 3.05) is 13.2 Å². The van der Waals surface area contributed by atoms with E-state index in [-0.39, 0.29) is 6.10 Å². The lowest BCUT2D eigenvalue weighted by Gasteiger charge is -2.23. The van der Waals surface area contributed by atoms with E-state index >= 15 is 0 Å². The van der Waals surface area contributed by atoms with Gasteiger partial charge in [0.25, 0.3) is 0 Å². The van der Waals surface area contributed by atoms with Crippen LogP contribution < -0.4 is 0 Å². The summed E-state index contributed by atoms with van der Waals surface area (Å²) in [5.41, 5.74) is 1.04. The lowest BCUT2D eigenvalue weighted by Crippen LogP contribution is -2.31. The van der Waals surface area contributed by atoms with Crippen LogP contribution in [0.15, 0.2) is 28.9 Å². The molecule has 0 aromatic carbocycles. The Morgan fingerprint density at radius 2 is 2.26 bits per heavy atom. The molecule has 1 saturated heterocycles. The Morgan fingerprint density at radius 3 is 3.00 bits per heavy atom. The molecule has 124 valence electrons. The third-order valence-electron chi connectivity index (χ3n) is 3.94. The number of ether oxygens (including phenoxy) is 1. The SMILES string of the molecule is CCCc1noc(CN(Cc2ccccn2)CC2CCCO2)n1. The molecule has 0 radical (unpaired) electrons. The second-order valence-corrected chi connectivity index (χ2v) is 5.98. The van der Waals surface area contributed by atoms with Crippen molar-refractivity contribution < 1.29 is 9.26 Å². The van der Waals surface area contributed by atoms with Crippen LogP contribution in [0.1, 0.15) is 43.6 Å². The minimum atomic E-state index is 0.289. The van der Waals surface area contributed by atoms with Gasteiger partial charge in [-0.2, -0.15) is 4.98 Å². The average molecular weight is 316 g/mol. The first-order chi connectivity index (χ1) is 11.3. The zero-order valence-electron chi connectivity index (χ0n) is 13.6. The minimum absolute atomic E-state index is 0.289. The molecule has 0 amide bonds. The second kappa shape index (κ2) is 8.17. The molecular weight excluding hydrogens is 292 g/mol. The Balaban J connectivity index is 1.65. The van der Waals surface area contributed by atoms with Crippen LogP contribution >= 0.6 is 0 Å². The van der Waals surface area contributed by atoms with E-state index in [1.54, 1.807) is 0 Å². The first-order valence-electron chi connectivity index (χ1n) is 8.39. The molecule has 0 aliphatic carbocycles. The van der Waals surface area contributed by atoms with Gasteiger partial charge in [-0.25, -0.2) is 0 Å². The maximum absolute atomic E-state index is 5.77. The van der Waals surface area contributed by atoms with Crippen LogP contribution in [0.2, 0.25) is 0 Å². The van der Waals surface area contributed by atoms with Crippen molar-refractivity contribution in [1.82, 2.24) is 20.0 Å². The number of aromatic nitrogens is 3. The molecule has 1 aliphatic heterocycles. The molecular formula is C17H24N4O2. The van der Waals surface area contributed by atoms with E-state index in [2.05, 4.69) is 26.9 Å². The fourth-order valence-electron chi connectivity index (χ4n) is 2.85. The number of nitrogens with zero attached hydrogens (tertiary/aromatic N) is 4. The Hall–Kier alpha value is -1.79. The molecule has 2 aromatic heterocycles. The molecule has 6 nitrogen and oxygen atoms in total. The van der Waals surface area contributed by atoms with Gasteiger partial charge in [0.15, 0.2) is 5.82 Å².